The van der Waals surface area contributed by atoms with E-state index in [1.165, 1.54) is 32.4 Å². The van der Waals surface area contributed by atoms with Gasteiger partial charge in [0.2, 0.25) is 5.91 Å². The Morgan fingerprint density at radius 3 is 2.59 bits per heavy atom. The molecule has 1 heterocycles. The number of rotatable bonds is 4. The molecule has 1 aromatic heterocycles. The molecule has 3 aromatic rings. The number of aromatic nitrogens is 1. The highest BCUT2D eigenvalue weighted by atomic mass is 35.5. The lowest BCUT2D eigenvalue weighted by Crippen LogP contribution is -2.36. The number of benzene rings is 2. The Labute approximate surface area is 172 Å². The minimum atomic E-state index is -0.848. The minimum Gasteiger partial charge on any atom is -0.495 e. The summed E-state index contributed by atoms with van der Waals surface area (Å²) in [7, 11) is 1.40. The van der Waals surface area contributed by atoms with Crippen LogP contribution < -0.4 is 9.64 Å². The van der Waals surface area contributed by atoms with Crippen LogP contribution in [0.5, 0.6) is 5.75 Å². The Morgan fingerprint density at radius 1 is 1.24 bits per heavy atom. The van der Waals surface area contributed by atoms with E-state index in [0.29, 0.717) is 10.9 Å². The predicted molar refractivity (Wildman–Crippen MR) is 108 cm³/mol. The van der Waals surface area contributed by atoms with Crippen molar-refractivity contribution in [1.82, 2.24) is 4.98 Å². The first-order valence-electron chi connectivity index (χ1n) is 8.54. The third-order valence-electron chi connectivity index (χ3n) is 4.17. The lowest BCUT2D eigenvalue weighted by molar-refractivity contribution is -0.116. The molecule has 29 heavy (non-hydrogen) atoms. The monoisotopic (exact) mass is 409 g/mol. The van der Waals surface area contributed by atoms with E-state index in [0.717, 1.165) is 10.5 Å². The standard InChI is InChI=1S/C21H16ClN3O4/c1-13(26)25(21(27)29-12-14-6-4-3-5-7-14)18-9-17-16(8-19(18)28-2)20(22)15(10-23)11-24-17/h3-9,11H,12H2,1-2H3. The van der Waals surface area contributed by atoms with Gasteiger partial charge in [-0.3, -0.25) is 9.78 Å². The fourth-order valence-corrected chi connectivity index (χ4v) is 3.01. The number of nitriles is 1. The third kappa shape index (κ3) is 4.13. The zero-order chi connectivity index (χ0) is 21.0. The Hall–Kier alpha value is -3.63. The highest BCUT2D eigenvalue weighted by Crippen LogP contribution is 2.36. The summed E-state index contributed by atoms with van der Waals surface area (Å²) in [6.45, 7) is 1.25. The van der Waals surface area contributed by atoms with Crippen molar-refractivity contribution in [2.75, 3.05) is 12.0 Å². The second kappa shape index (κ2) is 8.59. The van der Waals surface area contributed by atoms with Crippen molar-refractivity contribution in [1.29, 1.82) is 5.26 Å². The van der Waals surface area contributed by atoms with Gasteiger partial charge < -0.3 is 9.47 Å². The Balaban J connectivity index is 2.01. The second-order valence-electron chi connectivity index (χ2n) is 6.03. The minimum absolute atomic E-state index is 0.00889. The largest absolute Gasteiger partial charge is 0.495 e. The van der Waals surface area contributed by atoms with Crippen molar-refractivity contribution in [3.8, 4) is 11.8 Å². The highest BCUT2D eigenvalue weighted by molar-refractivity contribution is 6.36. The number of pyridine rings is 1. The van der Waals surface area contributed by atoms with Gasteiger partial charge in [-0.1, -0.05) is 41.9 Å². The Morgan fingerprint density at radius 2 is 1.97 bits per heavy atom. The molecular weight excluding hydrogens is 394 g/mol. The van der Waals surface area contributed by atoms with Gasteiger partial charge in [-0.05, 0) is 17.7 Å². The molecule has 0 unspecified atom stereocenters. The van der Waals surface area contributed by atoms with Gasteiger partial charge in [0.25, 0.3) is 0 Å². The maximum absolute atomic E-state index is 12.7. The van der Waals surface area contributed by atoms with E-state index in [1.54, 1.807) is 12.1 Å². The summed E-state index contributed by atoms with van der Waals surface area (Å²) in [5, 5.41) is 9.80. The van der Waals surface area contributed by atoms with Crippen molar-refractivity contribution < 1.29 is 19.1 Å². The van der Waals surface area contributed by atoms with Crippen molar-refractivity contribution in [2.24, 2.45) is 0 Å². The number of hydrogen-bond donors (Lipinski definition) is 0. The number of methoxy groups -OCH3 is 1. The molecule has 0 bridgehead atoms. The first kappa shape index (κ1) is 20.1. The van der Waals surface area contributed by atoms with Gasteiger partial charge in [0.1, 0.15) is 18.4 Å². The number of imide groups is 1. The van der Waals surface area contributed by atoms with Gasteiger partial charge in [0, 0.05) is 18.5 Å². The van der Waals surface area contributed by atoms with E-state index in [1.807, 2.05) is 24.3 Å². The van der Waals surface area contributed by atoms with Crippen molar-refractivity contribution in [2.45, 2.75) is 13.5 Å². The number of anilines is 1. The van der Waals surface area contributed by atoms with Crippen LogP contribution in [0.1, 0.15) is 18.1 Å². The predicted octanol–water partition coefficient (Wildman–Crippen LogP) is 4.46. The van der Waals surface area contributed by atoms with Crippen LogP contribution in [0.3, 0.4) is 0 Å². The molecule has 3 rings (SSSR count). The lowest BCUT2D eigenvalue weighted by atomic mass is 10.1. The molecule has 7 nitrogen and oxygen atoms in total. The van der Waals surface area contributed by atoms with Crippen LogP contribution in [-0.2, 0) is 16.1 Å². The van der Waals surface area contributed by atoms with E-state index in [-0.39, 0.29) is 28.6 Å². The molecule has 2 amide bonds. The van der Waals surface area contributed by atoms with Crippen LogP contribution in [0, 0.1) is 11.3 Å². The molecule has 2 aromatic carbocycles. The van der Waals surface area contributed by atoms with Crippen molar-refractivity contribution in [3.63, 3.8) is 0 Å². The number of fused-ring (bicyclic) bond motifs is 1. The average molecular weight is 410 g/mol. The number of carbonyl (C=O) groups is 2. The number of nitrogens with zero attached hydrogens (tertiary/aromatic N) is 3. The van der Waals surface area contributed by atoms with Crippen molar-refractivity contribution >= 4 is 40.2 Å². The maximum Gasteiger partial charge on any atom is 0.421 e. The summed E-state index contributed by atoms with van der Waals surface area (Å²) < 4.78 is 10.7. The lowest BCUT2D eigenvalue weighted by Gasteiger charge is -2.21. The summed E-state index contributed by atoms with van der Waals surface area (Å²) in [4.78, 5) is 30.0. The number of halogens is 1. The maximum atomic E-state index is 12.7. The molecule has 0 saturated heterocycles. The van der Waals surface area contributed by atoms with Crippen LogP contribution in [-0.4, -0.2) is 24.1 Å². The van der Waals surface area contributed by atoms with Gasteiger partial charge in [0.15, 0.2) is 0 Å². The summed E-state index contributed by atoms with van der Waals surface area (Å²) in [5.41, 5.74) is 1.55. The quantitative estimate of drug-likeness (QED) is 0.631. The van der Waals surface area contributed by atoms with Gasteiger partial charge in [-0.25, -0.2) is 9.69 Å². The number of carbonyl (C=O) groups excluding carboxylic acids is 2. The highest BCUT2D eigenvalue weighted by Gasteiger charge is 2.26. The van der Waals surface area contributed by atoms with Crippen LogP contribution in [0.2, 0.25) is 5.02 Å². The topological polar surface area (TPSA) is 92.5 Å². The van der Waals surface area contributed by atoms with Crippen LogP contribution >= 0.6 is 11.6 Å². The van der Waals surface area contributed by atoms with Gasteiger partial charge in [-0.15, -0.1) is 0 Å². The SMILES string of the molecule is COc1cc2c(Cl)c(C#N)cnc2cc1N(C(C)=O)C(=O)OCc1ccccc1. The first-order valence-corrected chi connectivity index (χ1v) is 8.91. The molecule has 0 radical (unpaired) electrons. The zero-order valence-electron chi connectivity index (χ0n) is 15.7. The molecular formula is C21H16ClN3O4. The van der Waals surface area contributed by atoms with E-state index >= 15 is 0 Å². The summed E-state index contributed by atoms with van der Waals surface area (Å²) in [5.74, 6) is -0.344. The molecule has 0 aliphatic carbocycles. The summed E-state index contributed by atoms with van der Waals surface area (Å²) in [6.07, 6.45) is 0.478. The summed E-state index contributed by atoms with van der Waals surface area (Å²) >= 11 is 6.26. The number of ether oxygens (including phenoxy) is 2. The molecule has 0 aliphatic heterocycles. The normalized spacial score (nSPS) is 10.3. The van der Waals surface area contributed by atoms with Crippen molar-refractivity contribution in [3.05, 3.63) is 64.8 Å². The van der Waals surface area contributed by atoms with Gasteiger partial charge in [0.05, 0.1) is 28.9 Å². The van der Waals surface area contributed by atoms with E-state index in [2.05, 4.69) is 4.98 Å². The van der Waals surface area contributed by atoms with Crippen LogP contribution in [0.25, 0.3) is 10.9 Å². The molecule has 146 valence electrons. The Kier molecular flexibility index (Phi) is 5.96. The molecule has 8 heteroatoms. The molecule has 0 spiro atoms. The number of amides is 2. The Bertz CT molecular complexity index is 1130. The smallest absolute Gasteiger partial charge is 0.421 e. The van der Waals surface area contributed by atoms with E-state index in [9.17, 15) is 9.59 Å². The fourth-order valence-electron chi connectivity index (χ4n) is 2.77. The third-order valence-corrected chi connectivity index (χ3v) is 4.57. The van der Waals surface area contributed by atoms with Gasteiger partial charge >= 0.3 is 6.09 Å². The number of hydrogen-bond acceptors (Lipinski definition) is 6. The molecule has 0 saturated carbocycles. The summed E-state index contributed by atoms with van der Waals surface area (Å²) in [6, 6.07) is 14.1. The first-order chi connectivity index (χ1) is 14.0. The van der Waals surface area contributed by atoms with E-state index in [4.69, 9.17) is 26.3 Å². The molecule has 0 atom stereocenters. The van der Waals surface area contributed by atoms with E-state index < -0.39 is 12.0 Å². The van der Waals surface area contributed by atoms with Gasteiger partial charge in [-0.2, -0.15) is 5.26 Å². The van der Waals surface area contributed by atoms with Crippen LogP contribution in [0.4, 0.5) is 10.5 Å². The average Bonchev–Trinajstić information content (AvgIpc) is 2.73. The molecule has 0 N–H and O–H groups in total. The fraction of sp³-hybridized carbons (Fsp3) is 0.143. The van der Waals surface area contributed by atoms with Crippen LogP contribution in [0.15, 0.2) is 48.7 Å². The molecule has 0 fully saturated rings. The second-order valence-corrected chi connectivity index (χ2v) is 6.41. The zero-order valence-corrected chi connectivity index (χ0v) is 16.4. The molecule has 0 aliphatic rings.